The number of ether oxygens (including phenoxy) is 1. The molecular formula is C19H24N2O3S. The fourth-order valence-electron chi connectivity index (χ4n) is 2.27. The largest absolute Gasteiger partial charge is 0.493 e. The SMILES string of the molecule is Cc1ccc(S(=O)(=O)N/N=C/c2cccc(OCC(C)C)c2)c(C)c1. The predicted molar refractivity (Wildman–Crippen MR) is 101 cm³/mol. The fraction of sp³-hybridized carbons (Fsp3) is 0.316. The molecule has 0 aliphatic carbocycles. The maximum atomic E-state index is 12.3. The van der Waals surface area contributed by atoms with E-state index in [2.05, 4.69) is 23.8 Å². The van der Waals surface area contributed by atoms with Crippen LogP contribution in [0.5, 0.6) is 5.75 Å². The molecule has 0 aromatic heterocycles. The molecule has 0 amide bonds. The van der Waals surface area contributed by atoms with Crippen LogP contribution in [0.2, 0.25) is 0 Å². The summed E-state index contributed by atoms with van der Waals surface area (Å²) in [7, 11) is -3.69. The minimum atomic E-state index is -3.69. The van der Waals surface area contributed by atoms with E-state index < -0.39 is 10.0 Å². The molecular weight excluding hydrogens is 336 g/mol. The standard InChI is InChI=1S/C19H24N2O3S/c1-14(2)13-24-18-7-5-6-17(11-18)12-20-21-25(22,23)19-9-8-15(3)10-16(19)4/h5-12,14,21H,13H2,1-4H3/b20-12+. The van der Waals surface area contributed by atoms with Crippen LogP contribution in [0.3, 0.4) is 0 Å². The highest BCUT2D eigenvalue weighted by atomic mass is 32.2. The number of hydrogen-bond donors (Lipinski definition) is 1. The Balaban J connectivity index is 2.08. The van der Waals surface area contributed by atoms with E-state index in [0.717, 1.165) is 16.9 Å². The summed E-state index contributed by atoms with van der Waals surface area (Å²) in [6.07, 6.45) is 1.46. The van der Waals surface area contributed by atoms with E-state index in [9.17, 15) is 8.42 Å². The van der Waals surface area contributed by atoms with Crippen molar-refractivity contribution < 1.29 is 13.2 Å². The lowest BCUT2D eigenvalue weighted by molar-refractivity contribution is 0.271. The first-order valence-electron chi connectivity index (χ1n) is 8.13. The molecule has 2 aromatic carbocycles. The Morgan fingerprint density at radius 1 is 1.16 bits per heavy atom. The lowest BCUT2D eigenvalue weighted by Crippen LogP contribution is -2.19. The monoisotopic (exact) mass is 360 g/mol. The third-order valence-corrected chi connectivity index (χ3v) is 4.83. The predicted octanol–water partition coefficient (Wildman–Crippen LogP) is 3.65. The summed E-state index contributed by atoms with van der Waals surface area (Å²) in [5, 5.41) is 3.87. The van der Waals surface area contributed by atoms with Gasteiger partial charge in [0.1, 0.15) is 5.75 Å². The minimum absolute atomic E-state index is 0.226. The van der Waals surface area contributed by atoms with Crippen LogP contribution in [-0.2, 0) is 10.0 Å². The molecule has 2 aromatic rings. The van der Waals surface area contributed by atoms with Gasteiger partial charge in [-0.2, -0.15) is 13.5 Å². The van der Waals surface area contributed by atoms with Crippen LogP contribution >= 0.6 is 0 Å². The van der Waals surface area contributed by atoms with Gasteiger partial charge in [0.2, 0.25) is 0 Å². The molecule has 0 fully saturated rings. The zero-order valence-corrected chi connectivity index (χ0v) is 15.8. The highest BCUT2D eigenvalue weighted by Crippen LogP contribution is 2.16. The topological polar surface area (TPSA) is 67.8 Å². The second kappa shape index (κ2) is 8.16. The molecule has 0 atom stereocenters. The highest BCUT2D eigenvalue weighted by molar-refractivity contribution is 7.89. The van der Waals surface area contributed by atoms with Gasteiger partial charge in [-0.3, -0.25) is 0 Å². The lowest BCUT2D eigenvalue weighted by atomic mass is 10.2. The van der Waals surface area contributed by atoms with Crippen molar-refractivity contribution in [1.82, 2.24) is 4.83 Å². The molecule has 0 spiro atoms. The number of nitrogens with one attached hydrogen (secondary N) is 1. The van der Waals surface area contributed by atoms with Crippen LogP contribution in [-0.4, -0.2) is 21.2 Å². The van der Waals surface area contributed by atoms with Gasteiger partial charge in [0.15, 0.2) is 0 Å². The van der Waals surface area contributed by atoms with E-state index in [0.29, 0.717) is 18.1 Å². The first-order valence-corrected chi connectivity index (χ1v) is 9.61. The second-order valence-corrected chi connectivity index (χ2v) is 8.03. The Bertz CT molecular complexity index is 859. The summed E-state index contributed by atoms with van der Waals surface area (Å²) in [6, 6.07) is 12.5. The summed E-state index contributed by atoms with van der Waals surface area (Å²) >= 11 is 0. The second-order valence-electron chi connectivity index (χ2n) is 6.40. The molecule has 0 unspecified atom stereocenters. The Labute approximate surface area is 149 Å². The average Bonchev–Trinajstić information content (AvgIpc) is 2.53. The summed E-state index contributed by atoms with van der Waals surface area (Å²) in [5.74, 6) is 1.16. The summed E-state index contributed by atoms with van der Waals surface area (Å²) in [5.41, 5.74) is 2.45. The molecule has 0 radical (unpaired) electrons. The van der Waals surface area contributed by atoms with Gasteiger partial charge in [-0.25, -0.2) is 4.83 Å². The van der Waals surface area contributed by atoms with Crippen molar-refractivity contribution in [2.75, 3.05) is 6.61 Å². The smallest absolute Gasteiger partial charge is 0.276 e. The van der Waals surface area contributed by atoms with Crippen LogP contribution in [0.15, 0.2) is 52.5 Å². The van der Waals surface area contributed by atoms with Gasteiger partial charge < -0.3 is 4.74 Å². The maximum Gasteiger partial charge on any atom is 0.276 e. The van der Waals surface area contributed by atoms with E-state index in [1.54, 1.807) is 19.1 Å². The van der Waals surface area contributed by atoms with Crippen molar-refractivity contribution in [3.63, 3.8) is 0 Å². The molecule has 0 bridgehead atoms. The normalized spacial score (nSPS) is 11.9. The molecule has 0 saturated heterocycles. The molecule has 25 heavy (non-hydrogen) atoms. The van der Waals surface area contributed by atoms with Crippen molar-refractivity contribution in [3.8, 4) is 5.75 Å². The van der Waals surface area contributed by atoms with Gasteiger partial charge in [0, 0.05) is 0 Å². The number of sulfonamides is 1. The van der Waals surface area contributed by atoms with Crippen LogP contribution in [0.1, 0.15) is 30.5 Å². The van der Waals surface area contributed by atoms with Crippen molar-refractivity contribution in [2.45, 2.75) is 32.6 Å². The molecule has 0 saturated carbocycles. The Kier molecular flexibility index (Phi) is 6.20. The van der Waals surface area contributed by atoms with Crippen LogP contribution < -0.4 is 9.57 Å². The number of rotatable bonds is 7. The summed E-state index contributed by atoms with van der Waals surface area (Å²) < 4.78 is 30.3. The zero-order chi connectivity index (χ0) is 18.4. The fourth-order valence-corrected chi connectivity index (χ4v) is 3.29. The molecule has 0 heterocycles. The number of hydrogen-bond acceptors (Lipinski definition) is 4. The van der Waals surface area contributed by atoms with Crippen molar-refractivity contribution >= 4 is 16.2 Å². The molecule has 5 nitrogen and oxygen atoms in total. The number of aryl methyl sites for hydroxylation is 2. The van der Waals surface area contributed by atoms with Gasteiger partial charge in [-0.05, 0) is 49.1 Å². The minimum Gasteiger partial charge on any atom is -0.493 e. The summed E-state index contributed by atoms with van der Waals surface area (Å²) in [4.78, 5) is 2.48. The maximum absolute atomic E-state index is 12.3. The highest BCUT2D eigenvalue weighted by Gasteiger charge is 2.15. The lowest BCUT2D eigenvalue weighted by Gasteiger charge is -2.09. The molecule has 134 valence electrons. The van der Waals surface area contributed by atoms with Crippen LogP contribution in [0.25, 0.3) is 0 Å². The van der Waals surface area contributed by atoms with Gasteiger partial charge in [0.25, 0.3) is 10.0 Å². The Morgan fingerprint density at radius 2 is 1.92 bits per heavy atom. The number of hydrazone groups is 1. The zero-order valence-electron chi connectivity index (χ0n) is 15.0. The quantitative estimate of drug-likeness (QED) is 0.605. The van der Waals surface area contributed by atoms with E-state index in [4.69, 9.17) is 4.74 Å². The Morgan fingerprint density at radius 3 is 2.60 bits per heavy atom. The molecule has 0 aliphatic heterocycles. The van der Waals surface area contributed by atoms with Crippen LogP contribution in [0, 0.1) is 19.8 Å². The first-order chi connectivity index (χ1) is 11.8. The number of nitrogens with zero attached hydrogens (tertiary/aromatic N) is 1. The molecule has 0 aliphatic rings. The molecule has 1 N–H and O–H groups in total. The average molecular weight is 360 g/mol. The number of benzene rings is 2. The van der Waals surface area contributed by atoms with Crippen LogP contribution in [0.4, 0.5) is 0 Å². The van der Waals surface area contributed by atoms with Crippen molar-refractivity contribution in [3.05, 3.63) is 59.2 Å². The van der Waals surface area contributed by atoms with E-state index in [-0.39, 0.29) is 4.90 Å². The van der Waals surface area contributed by atoms with Gasteiger partial charge >= 0.3 is 0 Å². The van der Waals surface area contributed by atoms with E-state index >= 15 is 0 Å². The van der Waals surface area contributed by atoms with E-state index in [1.165, 1.54) is 6.21 Å². The van der Waals surface area contributed by atoms with Gasteiger partial charge in [0.05, 0.1) is 17.7 Å². The Hall–Kier alpha value is -2.34. The van der Waals surface area contributed by atoms with Crippen molar-refractivity contribution in [2.24, 2.45) is 11.0 Å². The van der Waals surface area contributed by atoms with Gasteiger partial charge in [-0.1, -0.05) is 43.7 Å². The molecule has 6 heteroatoms. The van der Waals surface area contributed by atoms with Gasteiger partial charge in [-0.15, -0.1) is 0 Å². The van der Waals surface area contributed by atoms with E-state index in [1.807, 2.05) is 37.3 Å². The summed E-state index contributed by atoms with van der Waals surface area (Å²) in [6.45, 7) is 8.46. The molecule has 2 rings (SSSR count). The third kappa shape index (κ3) is 5.60. The first kappa shape index (κ1) is 19.0. The third-order valence-electron chi connectivity index (χ3n) is 3.45. The van der Waals surface area contributed by atoms with Crippen molar-refractivity contribution in [1.29, 1.82) is 0 Å².